The second kappa shape index (κ2) is 4.91. The third-order valence-corrected chi connectivity index (χ3v) is 1.99. The van der Waals surface area contributed by atoms with Crippen LogP contribution in [0.1, 0.15) is 26.0 Å². The van der Waals surface area contributed by atoms with Gasteiger partial charge in [-0.1, -0.05) is 0 Å². The minimum absolute atomic E-state index is 0.203. The third-order valence-electron chi connectivity index (χ3n) is 1.99. The van der Waals surface area contributed by atoms with Crippen LogP contribution in [0.25, 0.3) is 0 Å². The van der Waals surface area contributed by atoms with E-state index in [4.69, 9.17) is 5.73 Å². The molecule has 0 spiro atoms. The summed E-state index contributed by atoms with van der Waals surface area (Å²) in [5.41, 5.74) is 6.63. The summed E-state index contributed by atoms with van der Waals surface area (Å²) >= 11 is 0. The van der Waals surface area contributed by atoms with Gasteiger partial charge in [0.15, 0.2) is 0 Å². The van der Waals surface area contributed by atoms with Crippen LogP contribution in [0.15, 0.2) is 12.4 Å². The van der Waals surface area contributed by atoms with Gasteiger partial charge in [-0.2, -0.15) is 0 Å². The van der Waals surface area contributed by atoms with Crippen molar-refractivity contribution in [3.05, 3.63) is 18.1 Å². The lowest BCUT2D eigenvalue weighted by molar-refractivity contribution is 0.603. The lowest BCUT2D eigenvalue weighted by Gasteiger charge is -2.17. The summed E-state index contributed by atoms with van der Waals surface area (Å²) in [5.74, 6) is 0.848. The number of hydrogen-bond acceptors (Lipinski definition) is 4. The molecule has 2 unspecified atom stereocenters. The summed E-state index contributed by atoms with van der Waals surface area (Å²) in [5, 5.41) is 3.29. The molecule has 14 heavy (non-hydrogen) atoms. The molecule has 0 aliphatic carbocycles. The van der Waals surface area contributed by atoms with E-state index in [1.54, 1.807) is 12.4 Å². The Hall–Kier alpha value is -1.16. The maximum absolute atomic E-state index is 5.71. The Balaban J connectivity index is 2.56. The Morgan fingerprint density at radius 2 is 2.00 bits per heavy atom. The molecule has 0 amide bonds. The number of nitrogens with zero attached hydrogens (tertiary/aromatic N) is 2. The molecular formula is C10H18N4. The Bertz CT molecular complexity index is 285. The van der Waals surface area contributed by atoms with Crippen molar-refractivity contribution in [1.29, 1.82) is 0 Å². The average Bonchev–Trinajstić information content (AvgIpc) is 2.07. The molecule has 0 saturated carbocycles. The van der Waals surface area contributed by atoms with Crippen LogP contribution in [0, 0.1) is 6.92 Å². The highest BCUT2D eigenvalue weighted by Gasteiger charge is 2.07. The standard InChI is InChI=1S/C10H18N4/c1-7(11)6-8(2)14-10-9(3)12-4-5-13-10/h4-5,7-8H,6,11H2,1-3H3,(H,13,14). The Morgan fingerprint density at radius 3 is 2.57 bits per heavy atom. The number of anilines is 1. The molecule has 0 aliphatic rings. The predicted molar refractivity (Wildman–Crippen MR) is 58.1 cm³/mol. The van der Waals surface area contributed by atoms with E-state index >= 15 is 0 Å². The Morgan fingerprint density at radius 1 is 1.36 bits per heavy atom. The fraction of sp³-hybridized carbons (Fsp3) is 0.600. The molecule has 1 aromatic heterocycles. The van der Waals surface area contributed by atoms with Gasteiger partial charge >= 0.3 is 0 Å². The van der Waals surface area contributed by atoms with E-state index in [9.17, 15) is 0 Å². The van der Waals surface area contributed by atoms with Crippen LogP contribution >= 0.6 is 0 Å². The van der Waals surface area contributed by atoms with Gasteiger partial charge in [-0.05, 0) is 27.2 Å². The van der Waals surface area contributed by atoms with Crippen molar-refractivity contribution in [1.82, 2.24) is 9.97 Å². The third kappa shape index (κ3) is 3.30. The second-order valence-electron chi connectivity index (χ2n) is 3.75. The zero-order valence-electron chi connectivity index (χ0n) is 8.99. The van der Waals surface area contributed by atoms with E-state index < -0.39 is 0 Å². The van der Waals surface area contributed by atoms with E-state index in [1.165, 1.54) is 0 Å². The molecule has 0 saturated heterocycles. The van der Waals surface area contributed by atoms with Crippen molar-refractivity contribution in [2.24, 2.45) is 5.73 Å². The van der Waals surface area contributed by atoms with Crippen molar-refractivity contribution >= 4 is 5.82 Å². The van der Waals surface area contributed by atoms with Gasteiger partial charge in [-0.15, -0.1) is 0 Å². The number of aromatic nitrogens is 2. The first kappa shape index (κ1) is 10.9. The van der Waals surface area contributed by atoms with E-state index in [1.807, 2.05) is 13.8 Å². The Kier molecular flexibility index (Phi) is 3.83. The molecule has 78 valence electrons. The number of hydrogen-bond donors (Lipinski definition) is 2. The zero-order valence-corrected chi connectivity index (χ0v) is 8.99. The quantitative estimate of drug-likeness (QED) is 0.758. The molecule has 2 atom stereocenters. The molecule has 1 heterocycles. The fourth-order valence-electron chi connectivity index (χ4n) is 1.40. The SMILES string of the molecule is Cc1nccnc1NC(C)CC(C)N. The van der Waals surface area contributed by atoms with Crippen LogP contribution in [-0.2, 0) is 0 Å². The Labute approximate surface area is 85.0 Å². The maximum atomic E-state index is 5.71. The normalized spacial score (nSPS) is 14.9. The van der Waals surface area contributed by atoms with Crippen LogP contribution < -0.4 is 11.1 Å². The monoisotopic (exact) mass is 194 g/mol. The number of nitrogens with two attached hydrogens (primary N) is 1. The summed E-state index contributed by atoms with van der Waals surface area (Å²) in [6.07, 6.45) is 4.31. The van der Waals surface area contributed by atoms with Crippen molar-refractivity contribution < 1.29 is 0 Å². The minimum Gasteiger partial charge on any atom is -0.366 e. The number of rotatable bonds is 4. The van der Waals surface area contributed by atoms with Crippen molar-refractivity contribution in [3.8, 4) is 0 Å². The lowest BCUT2D eigenvalue weighted by Crippen LogP contribution is -2.26. The van der Waals surface area contributed by atoms with Gasteiger partial charge in [-0.25, -0.2) is 4.98 Å². The highest BCUT2D eigenvalue weighted by Crippen LogP contribution is 2.09. The van der Waals surface area contributed by atoms with Gasteiger partial charge in [0.1, 0.15) is 5.82 Å². The van der Waals surface area contributed by atoms with Crippen LogP contribution in [0.2, 0.25) is 0 Å². The molecule has 1 aromatic rings. The van der Waals surface area contributed by atoms with Gasteiger partial charge in [-0.3, -0.25) is 4.98 Å². The molecular weight excluding hydrogens is 176 g/mol. The van der Waals surface area contributed by atoms with E-state index in [-0.39, 0.29) is 6.04 Å². The van der Waals surface area contributed by atoms with Gasteiger partial charge in [0, 0.05) is 24.5 Å². The van der Waals surface area contributed by atoms with Gasteiger partial charge < -0.3 is 11.1 Å². The minimum atomic E-state index is 0.203. The maximum Gasteiger partial charge on any atom is 0.147 e. The van der Waals surface area contributed by atoms with E-state index in [2.05, 4.69) is 22.2 Å². The molecule has 4 heteroatoms. The highest BCUT2D eigenvalue weighted by atomic mass is 15.0. The molecule has 1 rings (SSSR count). The molecule has 0 aromatic carbocycles. The molecule has 0 radical (unpaired) electrons. The fourth-order valence-corrected chi connectivity index (χ4v) is 1.40. The zero-order chi connectivity index (χ0) is 10.6. The highest BCUT2D eigenvalue weighted by molar-refractivity contribution is 5.39. The molecule has 0 bridgehead atoms. The molecule has 4 nitrogen and oxygen atoms in total. The van der Waals surface area contributed by atoms with Crippen molar-refractivity contribution in [2.45, 2.75) is 39.3 Å². The summed E-state index contributed by atoms with van der Waals surface area (Å²) in [6, 6.07) is 0.528. The van der Waals surface area contributed by atoms with Crippen molar-refractivity contribution in [3.63, 3.8) is 0 Å². The first-order valence-corrected chi connectivity index (χ1v) is 4.89. The van der Waals surface area contributed by atoms with Crippen LogP contribution in [-0.4, -0.2) is 22.1 Å². The summed E-state index contributed by atoms with van der Waals surface area (Å²) < 4.78 is 0. The summed E-state index contributed by atoms with van der Waals surface area (Å²) in [6.45, 7) is 6.03. The number of nitrogens with one attached hydrogen (secondary N) is 1. The first-order valence-electron chi connectivity index (χ1n) is 4.89. The molecule has 0 fully saturated rings. The van der Waals surface area contributed by atoms with Crippen LogP contribution in [0.3, 0.4) is 0 Å². The van der Waals surface area contributed by atoms with E-state index in [0.29, 0.717) is 6.04 Å². The summed E-state index contributed by atoms with van der Waals surface area (Å²) in [4.78, 5) is 8.37. The predicted octanol–water partition coefficient (Wildman–Crippen LogP) is 1.32. The van der Waals surface area contributed by atoms with Crippen LogP contribution in [0.5, 0.6) is 0 Å². The lowest BCUT2D eigenvalue weighted by atomic mass is 10.1. The topological polar surface area (TPSA) is 63.8 Å². The smallest absolute Gasteiger partial charge is 0.147 e. The van der Waals surface area contributed by atoms with Crippen molar-refractivity contribution in [2.75, 3.05) is 5.32 Å². The van der Waals surface area contributed by atoms with E-state index in [0.717, 1.165) is 17.9 Å². The molecule has 3 N–H and O–H groups in total. The van der Waals surface area contributed by atoms with Gasteiger partial charge in [0.25, 0.3) is 0 Å². The first-order chi connectivity index (χ1) is 6.59. The number of aryl methyl sites for hydroxylation is 1. The van der Waals surface area contributed by atoms with Gasteiger partial charge in [0.2, 0.25) is 0 Å². The van der Waals surface area contributed by atoms with Crippen LogP contribution in [0.4, 0.5) is 5.82 Å². The average molecular weight is 194 g/mol. The van der Waals surface area contributed by atoms with Gasteiger partial charge in [0.05, 0.1) is 5.69 Å². The summed E-state index contributed by atoms with van der Waals surface area (Å²) in [7, 11) is 0. The largest absolute Gasteiger partial charge is 0.366 e. The second-order valence-corrected chi connectivity index (χ2v) is 3.75. The molecule has 0 aliphatic heterocycles.